The number of nitrogens with one attached hydrogen (secondary N) is 1. The van der Waals surface area contributed by atoms with Gasteiger partial charge in [0.25, 0.3) is 5.91 Å². The van der Waals surface area contributed by atoms with Gasteiger partial charge in [0.05, 0.1) is 12.6 Å². The number of thiophene rings is 1. The monoisotopic (exact) mass is 385 g/mol. The zero-order chi connectivity index (χ0) is 19.2. The molecule has 1 aliphatic rings. The Bertz CT molecular complexity index is 775. The molecule has 2 amide bonds. The number of carbonyl (C=O) groups excluding carboxylic acids is 2. The van der Waals surface area contributed by atoms with E-state index in [4.69, 9.17) is 0 Å². The van der Waals surface area contributed by atoms with Gasteiger partial charge >= 0.3 is 0 Å². The summed E-state index contributed by atoms with van der Waals surface area (Å²) < 4.78 is 0. The molecule has 1 aromatic heterocycles. The minimum absolute atomic E-state index is 0.0314. The van der Waals surface area contributed by atoms with Gasteiger partial charge < -0.3 is 10.2 Å². The summed E-state index contributed by atoms with van der Waals surface area (Å²) in [6.45, 7) is 7.32. The molecule has 1 aromatic carbocycles. The number of aryl methyl sites for hydroxylation is 1. The van der Waals surface area contributed by atoms with Crippen molar-refractivity contribution in [2.24, 2.45) is 0 Å². The predicted molar refractivity (Wildman–Crippen MR) is 109 cm³/mol. The molecule has 2 heterocycles. The maximum Gasteiger partial charge on any atom is 0.253 e. The highest BCUT2D eigenvalue weighted by molar-refractivity contribution is 7.10. The van der Waals surface area contributed by atoms with Gasteiger partial charge in [0.1, 0.15) is 0 Å². The molecule has 27 heavy (non-hydrogen) atoms. The lowest BCUT2D eigenvalue weighted by Crippen LogP contribution is -2.40. The Hall–Kier alpha value is -2.18. The van der Waals surface area contributed by atoms with Crippen molar-refractivity contribution >= 4 is 23.2 Å². The lowest BCUT2D eigenvalue weighted by atomic mass is 10.1. The molecule has 3 rings (SSSR count). The number of benzene rings is 1. The van der Waals surface area contributed by atoms with Gasteiger partial charge in [-0.15, -0.1) is 11.3 Å². The fraction of sp³-hybridized carbons (Fsp3) is 0.429. The van der Waals surface area contributed by atoms with Crippen molar-refractivity contribution < 1.29 is 9.59 Å². The Labute approximate surface area is 165 Å². The Balaban J connectivity index is 1.50. The molecular weight excluding hydrogens is 358 g/mol. The van der Waals surface area contributed by atoms with E-state index in [1.54, 1.807) is 11.3 Å². The lowest BCUT2D eigenvalue weighted by Gasteiger charge is -2.22. The Morgan fingerprint density at radius 2 is 2.00 bits per heavy atom. The van der Waals surface area contributed by atoms with Crippen LogP contribution in [0.25, 0.3) is 0 Å². The van der Waals surface area contributed by atoms with Crippen LogP contribution in [0.3, 0.4) is 0 Å². The summed E-state index contributed by atoms with van der Waals surface area (Å²) >= 11 is 1.65. The van der Waals surface area contributed by atoms with E-state index in [2.05, 4.69) is 10.2 Å². The van der Waals surface area contributed by atoms with Crippen molar-refractivity contribution in [3.63, 3.8) is 0 Å². The van der Waals surface area contributed by atoms with Crippen LogP contribution < -0.4 is 5.32 Å². The van der Waals surface area contributed by atoms with E-state index in [0.717, 1.165) is 42.1 Å². The molecule has 0 radical (unpaired) electrons. The highest BCUT2D eigenvalue weighted by Gasteiger charge is 2.22. The number of hydrogen-bond acceptors (Lipinski definition) is 4. The Morgan fingerprint density at radius 3 is 2.74 bits per heavy atom. The van der Waals surface area contributed by atoms with E-state index in [-0.39, 0.29) is 17.9 Å². The second-order valence-corrected chi connectivity index (χ2v) is 8.08. The Kier molecular flexibility index (Phi) is 6.63. The summed E-state index contributed by atoms with van der Waals surface area (Å²) in [5.41, 5.74) is 1.83. The molecule has 0 aliphatic carbocycles. The van der Waals surface area contributed by atoms with Crippen molar-refractivity contribution in [3.05, 3.63) is 57.8 Å². The van der Waals surface area contributed by atoms with Crippen LogP contribution in [0.1, 0.15) is 40.2 Å². The third-order valence-corrected chi connectivity index (χ3v) is 5.91. The minimum Gasteiger partial charge on any atom is -0.348 e. The molecule has 0 bridgehead atoms. The molecule has 1 unspecified atom stereocenters. The zero-order valence-corrected chi connectivity index (χ0v) is 16.8. The van der Waals surface area contributed by atoms with Crippen LogP contribution in [-0.2, 0) is 4.79 Å². The highest BCUT2D eigenvalue weighted by Crippen LogP contribution is 2.18. The zero-order valence-electron chi connectivity index (χ0n) is 16.0. The number of hydrogen-bond donors (Lipinski definition) is 1. The van der Waals surface area contributed by atoms with Gasteiger partial charge in [-0.25, -0.2) is 0 Å². The van der Waals surface area contributed by atoms with Gasteiger partial charge in [-0.05, 0) is 43.8 Å². The number of rotatable bonds is 5. The van der Waals surface area contributed by atoms with Gasteiger partial charge in [0.15, 0.2) is 0 Å². The maximum absolute atomic E-state index is 12.7. The molecule has 1 atom stereocenters. The van der Waals surface area contributed by atoms with Crippen LogP contribution in [0.15, 0.2) is 41.8 Å². The highest BCUT2D eigenvalue weighted by atomic mass is 32.1. The summed E-state index contributed by atoms with van der Waals surface area (Å²) in [5, 5.41) is 5.09. The van der Waals surface area contributed by atoms with Crippen LogP contribution in [-0.4, -0.2) is 54.3 Å². The smallest absolute Gasteiger partial charge is 0.253 e. The average molecular weight is 386 g/mol. The predicted octanol–water partition coefficient (Wildman–Crippen LogP) is 3.08. The SMILES string of the molecule is Cc1cccc(C(=O)N2CCCN(CC(=O)NC(C)c3cccs3)CC2)c1. The molecule has 1 N–H and O–H groups in total. The van der Waals surface area contributed by atoms with E-state index in [1.165, 1.54) is 0 Å². The fourth-order valence-electron chi connectivity index (χ4n) is 3.39. The second-order valence-electron chi connectivity index (χ2n) is 7.10. The van der Waals surface area contributed by atoms with E-state index in [1.807, 2.05) is 60.5 Å². The first-order valence-corrected chi connectivity index (χ1v) is 10.3. The van der Waals surface area contributed by atoms with Crippen molar-refractivity contribution in [1.29, 1.82) is 0 Å². The largest absolute Gasteiger partial charge is 0.348 e. The van der Waals surface area contributed by atoms with Crippen molar-refractivity contribution in [2.45, 2.75) is 26.3 Å². The van der Waals surface area contributed by atoms with Crippen LogP contribution in [0, 0.1) is 6.92 Å². The molecule has 0 spiro atoms. The van der Waals surface area contributed by atoms with Gasteiger partial charge in [-0.3, -0.25) is 14.5 Å². The molecular formula is C21H27N3O2S. The van der Waals surface area contributed by atoms with Crippen LogP contribution in [0.4, 0.5) is 0 Å². The summed E-state index contributed by atoms with van der Waals surface area (Å²) in [5.74, 6) is 0.116. The van der Waals surface area contributed by atoms with Crippen LogP contribution in [0.5, 0.6) is 0 Å². The minimum atomic E-state index is 0.0314. The first-order chi connectivity index (χ1) is 13.0. The van der Waals surface area contributed by atoms with Gasteiger partial charge in [-0.1, -0.05) is 23.8 Å². The molecule has 1 saturated heterocycles. The molecule has 5 nitrogen and oxygen atoms in total. The number of amides is 2. The van der Waals surface area contributed by atoms with Gasteiger partial charge in [0, 0.05) is 36.6 Å². The average Bonchev–Trinajstić information content (AvgIpc) is 3.09. The van der Waals surface area contributed by atoms with Gasteiger partial charge in [0.2, 0.25) is 5.91 Å². The molecule has 1 fully saturated rings. The van der Waals surface area contributed by atoms with Crippen molar-refractivity contribution in [1.82, 2.24) is 15.1 Å². The second kappa shape index (κ2) is 9.15. The standard InChI is InChI=1S/C21H27N3O2S/c1-16-6-3-7-18(14-16)21(26)24-10-5-9-23(11-12-24)15-20(25)22-17(2)19-8-4-13-27-19/h3-4,6-8,13-14,17H,5,9-12,15H2,1-2H3,(H,22,25). The number of carbonyl (C=O) groups is 2. The number of nitrogens with zero attached hydrogens (tertiary/aromatic N) is 2. The summed E-state index contributed by atoms with van der Waals surface area (Å²) in [4.78, 5) is 30.3. The molecule has 144 valence electrons. The van der Waals surface area contributed by atoms with E-state index < -0.39 is 0 Å². The van der Waals surface area contributed by atoms with E-state index >= 15 is 0 Å². The first kappa shape index (κ1) is 19.6. The normalized spacial score (nSPS) is 16.6. The topological polar surface area (TPSA) is 52.7 Å². The van der Waals surface area contributed by atoms with Crippen LogP contribution in [0.2, 0.25) is 0 Å². The lowest BCUT2D eigenvalue weighted by molar-refractivity contribution is -0.122. The Morgan fingerprint density at radius 1 is 1.15 bits per heavy atom. The molecule has 6 heteroatoms. The summed E-state index contributed by atoms with van der Waals surface area (Å²) in [7, 11) is 0. The summed E-state index contributed by atoms with van der Waals surface area (Å²) in [6, 6.07) is 11.8. The summed E-state index contributed by atoms with van der Waals surface area (Å²) in [6.07, 6.45) is 0.880. The molecule has 2 aromatic rings. The molecule has 0 saturated carbocycles. The van der Waals surface area contributed by atoms with Gasteiger partial charge in [-0.2, -0.15) is 0 Å². The first-order valence-electron chi connectivity index (χ1n) is 9.44. The quantitative estimate of drug-likeness (QED) is 0.861. The molecule has 1 aliphatic heterocycles. The van der Waals surface area contributed by atoms with E-state index in [0.29, 0.717) is 13.1 Å². The maximum atomic E-state index is 12.7. The van der Waals surface area contributed by atoms with Crippen molar-refractivity contribution in [2.75, 3.05) is 32.7 Å². The van der Waals surface area contributed by atoms with E-state index in [9.17, 15) is 9.59 Å². The third-order valence-electron chi connectivity index (χ3n) is 4.86. The third kappa shape index (κ3) is 5.40. The fourth-order valence-corrected chi connectivity index (χ4v) is 4.13. The van der Waals surface area contributed by atoms with Crippen molar-refractivity contribution in [3.8, 4) is 0 Å². The van der Waals surface area contributed by atoms with Crippen LogP contribution >= 0.6 is 11.3 Å².